The first-order valence-corrected chi connectivity index (χ1v) is 8.89. The lowest BCUT2D eigenvalue weighted by atomic mass is 10.2. The summed E-state index contributed by atoms with van der Waals surface area (Å²) < 4.78 is 11.2. The zero-order valence-electron chi connectivity index (χ0n) is 16.5. The molecule has 0 aliphatic rings. The molecule has 0 heterocycles. The van der Waals surface area contributed by atoms with E-state index < -0.39 is 11.8 Å². The molecule has 0 spiro atoms. The van der Waals surface area contributed by atoms with Gasteiger partial charge in [0, 0.05) is 6.04 Å². The van der Waals surface area contributed by atoms with Crippen molar-refractivity contribution in [2.75, 3.05) is 7.11 Å². The summed E-state index contributed by atoms with van der Waals surface area (Å²) in [5.74, 6) is -0.417. The van der Waals surface area contributed by atoms with Crippen molar-refractivity contribution in [3.63, 3.8) is 0 Å². The maximum Gasteiger partial charge on any atom is 0.329 e. The number of hydrogen-bond donors (Lipinski definition) is 2. The van der Waals surface area contributed by atoms with Crippen LogP contribution in [0.4, 0.5) is 0 Å². The van der Waals surface area contributed by atoms with Crippen molar-refractivity contribution in [3.05, 3.63) is 59.2 Å². The highest BCUT2D eigenvalue weighted by Gasteiger charge is 2.13. The molecule has 7 heteroatoms. The van der Waals surface area contributed by atoms with Gasteiger partial charge in [0.25, 0.3) is 0 Å². The van der Waals surface area contributed by atoms with Gasteiger partial charge in [-0.1, -0.05) is 29.8 Å². The Labute approximate surface area is 164 Å². The van der Waals surface area contributed by atoms with Crippen LogP contribution in [-0.2, 0) is 16.2 Å². The van der Waals surface area contributed by atoms with Crippen LogP contribution in [0.2, 0.25) is 0 Å². The number of hydrogen-bond acceptors (Lipinski definition) is 5. The summed E-state index contributed by atoms with van der Waals surface area (Å²) >= 11 is 0. The van der Waals surface area contributed by atoms with E-state index in [2.05, 4.69) is 15.8 Å². The second-order valence-corrected chi connectivity index (χ2v) is 6.51. The fourth-order valence-corrected chi connectivity index (χ4v) is 2.27. The highest BCUT2D eigenvalue weighted by molar-refractivity contribution is 6.35. The van der Waals surface area contributed by atoms with Gasteiger partial charge < -0.3 is 14.8 Å². The number of carbonyl (C=O) groups excluding carboxylic acids is 2. The number of methoxy groups -OCH3 is 1. The van der Waals surface area contributed by atoms with Crippen molar-refractivity contribution in [1.29, 1.82) is 0 Å². The molecule has 2 aromatic carbocycles. The molecule has 0 aromatic heterocycles. The van der Waals surface area contributed by atoms with Crippen molar-refractivity contribution in [3.8, 4) is 11.5 Å². The number of rotatable bonds is 7. The number of amides is 2. The van der Waals surface area contributed by atoms with Gasteiger partial charge in [-0.15, -0.1) is 0 Å². The van der Waals surface area contributed by atoms with Crippen LogP contribution in [0.1, 0.15) is 30.5 Å². The molecule has 2 amide bonds. The normalized spacial score (nSPS) is 10.8. The first kappa shape index (κ1) is 21.0. The van der Waals surface area contributed by atoms with E-state index in [1.807, 2.05) is 31.2 Å². The number of ether oxygens (including phenoxy) is 2. The predicted molar refractivity (Wildman–Crippen MR) is 108 cm³/mol. The van der Waals surface area contributed by atoms with Crippen molar-refractivity contribution >= 4 is 18.0 Å². The molecular formula is C21H25N3O4. The molecule has 0 saturated heterocycles. The van der Waals surface area contributed by atoms with Gasteiger partial charge in [-0.2, -0.15) is 5.10 Å². The van der Waals surface area contributed by atoms with Crippen LogP contribution in [0.15, 0.2) is 47.6 Å². The van der Waals surface area contributed by atoms with Gasteiger partial charge in [0.1, 0.15) is 6.61 Å². The lowest BCUT2D eigenvalue weighted by molar-refractivity contribution is -0.139. The van der Waals surface area contributed by atoms with Crippen molar-refractivity contribution < 1.29 is 19.1 Å². The summed E-state index contributed by atoms with van der Waals surface area (Å²) in [6.07, 6.45) is 1.42. The second-order valence-electron chi connectivity index (χ2n) is 6.51. The fraction of sp³-hybridized carbons (Fsp3) is 0.286. The van der Waals surface area contributed by atoms with Gasteiger partial charge in [-0.05, 0) is 50.1 Å². The zero-order valence-corrected chi connectivity index (χ0v) is 16.5. The van der Waals surface area contributed by atoms with Gasteiger partial charge in [-0.25, -0.2) is 5.43 Å². The van der Waals surface area contributed by atoms with Crippen molar-refractivity contribution in [1.82, 2.24) is 10.7 Å². The summed E-state index contributed by atoms with van der Waals surface area (Å²) in [4.78, 5) is 23.1. The molecule has 28 heavy (non-hydrogen) atoms. The van der Waals surface area contributed by atoms with Crippen LogP contribution in [0.5, 0.6) is 11.5 Å². The molecule has 0 unspecified atom stereocenters. The number of aryl methyl sites for hydroxylation is 1. The van der Waals surface area contributed by atoms with Crippen LogP contribution < -0.4 is 20.2 Å². The molecule has 0 bridgehead atoms. The summed E-state index contributed by atoms with van der Waals surface area (Å²) in [5.41, 5.74) is 5.12. The molecule has 0 radical (unpaired) electrons. The van der Waals surface area contributed by atoms with E-state index >= 15 is 0 Å². The molecule has 0 atom stereocenters. The Morgan fingerprint density at radius 1 is 1.07 bits per heavy atom. The average molecular weight is 383 g/mol. The third-order valence-electron chi connectivity index (χ3n) is 3.71. The van der Waals surface area contributed by atoms with Gasteiger partial charge in [0.15, 0.2) is 11.5 Å². The zero-order chi connectivity index (χ0) is 20.5. The van der Waals surface area contributed by atoms with Gasteiger partial charge in [0.2, 0.25) is 0 Å². The smallest absolute Gasteiger partial charge is 0.329 e. The standard InChI is InChI=1S/C21H25N3O4/c1-14(2)23-20(25)21(26)24-22-12-17-9-10-18(19(11-17)27-4)28-13-16-7-5-15(3)6-8-16/h5-12,14H,13H2,1-4H3,(H,23,25)(H,24,26)/b22-12-. The topological polar surface area (TPSA) is 89.0 Å². The molecule has 2 aromatic rings. The summed E-state index contributed by atoms with van der Waals surface area (Å²) in [5, 5.41) is 6.28. The Morgan fingerprint density at radius 3 is 2.43 bits per heavy atom. The van der Waals surface area contributed by atoms with Gasteiger partial charge >= 0.3 is 11.8 Å². The van der Waals surface area contributed by atoms with E-state index in [1.54, 1.807) is 39.2 Å². The number of hydrazone groups is 1. The highest BCUT2D eigenvalue weighted by Crippen LogP contribution is 2.28. The molecule has 0 fully saturated rings. The number of nitrogens with one attached hydrogen (secondary N) is 2. The number of benzene rings is 2. The maximum absolute atomic E-state index is 11.6. The van der Waals surface area contributed by atoms with Crippen LogP contribution >= 0.6 is 0 Å². The molecule has 0 saturated carbocycles. The SMILES string of the molecule is COc1cc(/C=N\NC(=O)C(=O)NC(C)C)ccc1OCc1ccc(C)cc1. The Kier molecular flexibility index (Phi) is 7.56. The van der Waals surface area contributed by atoms with Crippen molar-refractivity contribution in [2.24, 2.45) is 5.10 Å². The van der Waals surface area contributed by atoms with E-state index in [0.29, 0.717) is 23.7 Å². The lowest BCUT2D eigenvalue weighted by Gasteiger charge is -2.11. The molecule has 7 nitrogen and oxygen atoms in total. The van der Waals surface area contributed by atoms with Crippen molar-refractivity contribution in [2.45, 2.75) is 33.4 Å². The van der Waals surface area contributed by atoms with Gasteiger partial charge in [-0.3, -0.25) is 9.59 Å². The predicted octanol–water partition coefficient (Wildman–Crippen LogP) is 2.56. The Balaban J connectivity index is 1.97. The largest absolute Gasteiger partial charge is 0.493 e. The van der Waals surface area contributed by atoms with E-state index in [9.17, 15) is 9.59 Å². The van der Waals surface area contributed by atoms with E-state index in [1.165, 1.54) is 11.8 Å². The van der Waals surface area contributed by atoms with Crippen LogP contribution in [0.25, 0.3) is 0 Å². The summed E-state index contributed by atoms with van der Waals surface area (Å²) in [6.45, 7) is 5.99. The molecular weight excluding hydrogens is 358 g/mol. The average Bonchev–Trinajstić information content (AvgIpc) is 2.67. The van der Waals surface area contributed by atoms with Gasteiger partial charge in [0.05, 0.1) is 13.3 Å². The van der Waals surface area contributed by atoms with E-state index in [-0.39, 0.29) is 6.04 Å². The molecule has 0 aliphatic heterocycles. The number of nitrogens with zero attached hydrogens (tertiary/aromatic N) is 1. The number of carbonyl (C=O) groups is 2. The Morgan fingerprint density at radius 2 is 1.79 bits per heavy atom. The third-order valence-corrected chi connectivity index (χ3v) is 3.71. The lowest BCUT2D eigenvalue weighted by Crippen LogP contribution is -2.41. The quantitative estimate of drug-likeness (QED) is 0.437. The minimum Gasteiger partial charge on any atom is -0.493 e. The van der Waals surface area contributed by atoms with Crippen LogP contribution in [0, 0.1) is 6.92 Å². The van der Waals surface area contributed by atoms with E-state index in [4.69, 9.17) is 9.47 Å². The molecule has 2 rings (SSSR count). The third kappa shape index (κ3) is 6.42. The maximum atomic E-state index is 11.6. The minimum atomic E-state index is -0.824. The monoisotopic (exact) mass is 383 g/mol. The summed E-state index contributed by atoms with van der Waals surface area (Å²) in [6, 6.07) is 13.2. The first-order valence-electron chi connectivity index (χ1n) is 8.89. The molecule has 0 aliphatic carbocycles. The minimum absolute atomic E-state index is 0.126. The van der Waals surface area contributed by atoms with E-state index in [0.717, 1.165) is 5.56 Å². The highest BCUT2D eigenvalue weighted by atomic mass is 16.5. The Hall–Kier alpha value is -3.35. The summed E-state index contributed by atoms with van der Waals surface area (Å²) in [7, 11) is 1.55. The fourth-order valence-electron chi connectivity index (χ4n) is 2.27. The van der Waals surface area contributed by atoms with Crippen LogP contribution in [0.3, 0.4) is 0 Å². The first-order chi connectivity index (χ1) is 13.4. The van der Waals surface area contributed by atoms with Crippen LogP contribution in [-0.4, -0.2) is 31.2 Å². The molecule has 148 valence electrons. The molecule has 2 N–H and O–H groups in total. The Bertz CT molecular complexity index is 845. The second kappa shape index (κ2) is 10.1.